The molecular weight excluding hydrogens is 379 g/mol. The Balaban J connectivity index is 1.49. The van der Waals surface area contributed by atoms with E-state index >= 15 is 0 Å². The third-order valence-electron chi connectivity index (χ3n) is 4.99. The molecule has 0 bridgehead atoms. The zero-order chi connectivity index (χ0) is 20.0. The van der Waals surface area contributed by atoms with Crippen LogP contribution in [-0.4, -0.2) is 38.3 Å². The molecule has 1 N–H and O–H groups in total. The molecule has 0 radical (unpaired) electrons. The van der Waals surface area contributed by atoms with E-state index in [1.54, 1.807) is 42.5 Å². The molecule has 1 heterocycles. The quantitative estimate of drug-likeness (QED) is 0.722. The first kappa shape index (κ1) is 20.5. The van der Waals surface area contributed by atoms with Crippen molar-refractivity contribution in [2.75, 3.05) is 19.6 Å². The normalized spacial score (nSPS) is 18.0. The number of rotatable bonds is 7. The summed E-state index contributed by atoms with van der Waals surface area (Å²) < 4.78 is 39.8. The number of hydrogen-bond donors (Lipinski definition) is 1. The fourth-order valence-electron chi connectivity index (χ4n) is 3.42. The molecule has 3 rings (SSSR count). The topological polar surface area (TPSA) is 66.5 Å². The van der Waals surface area contributed by atoms with Gasteiger partial charge in [-0.25, -0.2) is 12.8 Å². The van der Waals surface area contributed by atoms with Gasteiger partial charge < -0.3 is 5.32 Å². The smallest absolute Gasteiger partial charge is 0.243 e. The second kappa shape index (κ2) is 9.30. The van der Waals surface area contributed by atoms with Gasteiger partial charge in [0.15, 0.2) is 0 Å². The van der Waals surface area contributed by atoms with Gasteiger partial charge in [0, 0.05) is 19.6 Å². The largest absolute Gasteiger partial charge is 0.356 e. The van der Waals surface area contributed by atoms with Crippen molar-refractivity contribution in [3.05, 3.63) is 66.0 Å². The molecule has 5 nitrogen and oxygen atoms in total. The Hall–Kier alpha value is -2.25. The monoisotopic (exact) mass is 404 g/mol. The molecule has 1 saturated heterocycles. The summed E-state index contributed by atoms with van der Waals surface area (Å²) >= 11 is 0. The Morgan fingerprint density at radius 1 is 1.11 bits per heavy atom. The number of carbonyl (C=O) groups excluding carboxylic acids is 1. The molecule has 1 unspecified atom stereocenters. The maximum absolute atomic E-state index is 12.9. The molecule has 1 atom stereocenters. The van der Waals surface area contributed by atoms with Gasteiger partial charge in [-0.3, -0.25) is 4.79 Å². The van der Waals surface area contributed by atoms with E-state index in [1.807, 2.05) is 0 Å². The van der Waals surface area contributed by atoms with Crippen molar-refractivity contribution in [3.63, 3.8) is 0 Å². The summed E-state index contributed by atoms with van der Waals surface area (Å²) in [5.74, 6) is -0.700. The van der Waals surface area contributed by atoms with Gasteiger partial charge in [0.1, 0.15) is 5.82 Å². The number of halogens is 1. The van der Waals surface area contributed by atoms with Crippen LogP contribution in [0.2, 0.25) is 0 Å². The van der Waals surface area contributed by atoms with Gasteiger partial charge in [-0.1, -0.05) is 30.3 Å². The van der Waals surface area contributed by atoms with Crippen molar-refractivity contribution in [2.45, 2.75) is 30.6 Å². The summed E-state index contributed by atoms with van der Waals surface area (Å²) in [6.45, 7) is 1.16. The summed E-state index contributed by atoms with van der Waals surface area (Å²) in [7, 11) is -3.57. The lowest BCUT2D eigenvalue weighted by molar-refractivity contribution is -0.126. The van der Waals surface area contributed by atoms with E-state index in [9.17, 15) is 17.6 Å². The van der Waals surface area contributed by atoms with Crippen LogP contribution in [0.4, 0.5) is 4.39 Å². The second-order valence-electron chi connectivity index (χ2n) is 7.04. The molecule has 150 valence electrons. The minimum atomic E-state index is -3.57. The molecule has 28 heavy (non-hydrogen) atoms. The first-order valence-corrected chi connectivity index (χ1v) is 11.0. The number of nitrogens with one attached hydrogen (secondary N) is 1. The van der Waals surface area contributed by atoms with Crippen molar-refractivity contribution in [3.8, 4) is 0 Å². The van der Waals surface area contributed by atoms with Gasteiger partial charge in [0.2, 0.25) is 15.9 Å². The maximum atomic E-state index is 12.9. The number of amides is 1. The molecule has 1 amide bonds. The van der Waals surface area contributed by atoms with Gasteiger partial charge in [0.05, 0.1) is 10.8 Å². The first-order valence-electron chi connectivity index (χ1n) is 9.54. The molecule has 1 fully saturated rings. The highest BCUT2D eigenvalue weighted by Gasteiger charge is 2.33. The molecular formula is C21H25FN2O3S. The Bertz CT molecular complexity index is 886. The summed E-state index contributed by atoms with van der Waals surface area (Å²) in [5.41, 5.74) is 1.02. The molecule has 1 aliphatic rings. The van der Waals surface area contributed by atoms with E-state index in [0.29, 0.717) is 25.9 Å². The average Bonchev–Trinajstić information content (AvgIpc) is 2.73. The second-order valence-corrected chi connectivity index (χ2v) is 8.97. The van der Waals surface area contributed by atoms with Crippen LogP contribution < -0.4 is 5.32 Å². The van der Waals surface area contributed by atoms with Crippen molar-refractivity contribution >= 4 is 15.9 Å². The van der Waals surface area contributed by atoms with Gasteiger partial charge in [-0.05, 0) is 55.5 Å². The average molecular weight is 405 g/mol. The summed E-state index contributed by atoms with van der Waals surface area (Å²) in [6.07, 6.45) is 2.85. The van der Waals surface area contributed by atoms with Crippen LogP contribution in [0.5, 0.6) is 0 Å². The van der Waals surface area contributed by atoms with Crippen LogP contribution >= 0.6 is 0 Å². The predicted octanol–water partition coefficient (Wildman–Crippen LogP) is 2.98. The van der Waals surface area contributed by atoms with E-state index in [-0.39, 0.29) is 29.1 Å². The molecule has 0 saturated carbocycles. The third-order valence-corrected chi connectivity index (χ3v) is 6.87. The van der Waals surface area contributed by atoms with Gasteiger partial charge in [0.25, 0.3) is 0 Å². The maximum Gasteiger partial charge on any atom is 0.243 e. The number of benzene rings is 2. The van der Waals surface area contributed by atoms with Crippen molar-refractivity contribution in [1.82, 2.24) is 9.62 Å². The van der Waals surface area contributed by atoms with E-state index in [1.165, 1.54) is 16.4 Å². The third kappa shape index (κ3) is 5.17. The van der Waals surface area contributed by atoms with E-state index in [4.69, 9.17) is 0 Å². The predicted molar refractivity (Wildman–Crippen MR) is 106 cm³/mol. The van der Waals surface area contributed by atoms with E-state index < -0.39 is 10.0 Å². The van der Waals surface area contributed by atoms with Crippen LogP contribution in [0, 0.1) is 11.7 Å². The summed E-state index contributed by atoms with van der Waals surface area (Å²) in [6, 6.07) is 14.7. The highest BCUT2D eigenvalue weighted by molar-refractivity contribution is 7.89. The molecule has 2 aromatic carbocycles. The van der Waals surface area contributed by atoms with Crippen LogP contribution in [0.1, 0.15) is 24.8 Å². The lowest BCUT2D eigenvalue weighted by Crippen LogP contribution is -2.45. The Morgan fingerprint density at radius 2 is 1.82 bits per heavy atom. The molecule has 7 heteroatoms. The van der Waals surface area contributed by atoms with Crippen LogP contribution in [0.15, 0.2) is 59.5 Å². The number of carbonyl (C=O) groups is 1. The van der Waals surface area contributed by atoms with Gasteiger partial charge in [-0.15, -0.1) is 0 Å². The Labute approximate surface area is 165 Å². The standard InChI is InChI=1S/C21H25FN2O3S/c22-19-12-10-17(11-13-19)6-4-14-23-21(25)18-7-5-15-24(16-18)28(26,27)20-8-2-1-3-9-20/h1-3,8-13,18H,4-7,14-16H2,(H,23,25). The van der Waals surface area contributed by atoms with Crippen LogP contribution in [0.3, 0.4) is 0 Å². The molecule has 0 aromatic heterocycles. The Kier molecular flexibility index (Phi) is 6.80. The fraction of sp³-hybridized carbons (Fsp3) is 0.381. The lowest BCUT2D eigenvalue weighted by Gasteiger charge is -2.31. The van der Waals surface area contributed by atoms with Gasteiger partial charge in [-0.2, -0.15) is 4.31 Å². The Morgan fingerprint density at radius 3 is 2.54 bits per heavy atom. The highest BCUT2D eigenvalue weighted by atomic mass is 32.2. The highest BCUT2D eigenvalue weighted by Crippen LogP contribution is 2.23. The summed E-state index contributed by atoms with van der Waals surface area (Å²) in [4.78, 5) is 12.7. The minimum absolute atomic E-state index is 0.105. The molecule has 0 spiro atoms. The van der Waals surface area contributed by atoms with Gasteiger partial charge >= 0.3 is 0 Å². The van der Waals surface area contributed by atoms with Crippen LogP contribution in [0.25, 0.3) is 0 Å². The van der Waals surface area contributed by atoms with E-state index in [2.05, 4.69) is 5.32 Å². The number of nitrogens with zero attached hydrogens (tertiary/aromatic N) is 1. The number of aryl methyl sites for hydroxylation is 1. The number of hydrogen-bond acceptors (Lipinski definition) is 3. The summed E-state index contributed by atoms with van der Waals surface area (Å²) in [5, 5.41) is 2.91. The van der Waals surface area contributed by atoms with Crippen molar-refractivity contribution < 1.29 is 17.6 Å². The number of sulfonamides is 1. The molecule has 1 aliphatic heterocycles. The lowest BCUT2D eigenvalue weighted by atomic mass is 9.99. The SMILES string of the molecule is O=C(NCCCc1ccc(F)cc1)C1CCCN(S(=O)(=O)c2ccccc2)C1. The fourth-order valence-corrected chi connectivity index (χ4v) is 4.96. The zero-order valence-electron chi connectivity index (χ0n) is 15.7. The molecule has 0 aliphatic carbocycles. The van der Waals surface area contributed by atoms with Crippen LogP contribution in [-0.2, 0) is 21.2 Å². The zero-order valence-corrected chi connectivity index (χ0v) is 16.5. The van der Waals surface area contributed by atoms with E-state index in [0.717, 1.165) is 18.4 Å². The van der Waals surface area contributed by atoms with Crippen molar-refractivity contribution in [1.29, 1.82) is 0 Å². The number of piperidine rings is 1. The van der Waals surface area contributed by atoms with Crippen molar-refractivity contribution in [2.24, 2.45) is 5.92 Å². The molecule has 2 aromatic rings. The first-order chi connectivity index (χ1) is 13.5. The minimum Gasteiger partial charge on any atom is -0.356 e.